The maximum Gasteiger partial charge on any atom is 0.339 e. The first kappa shape index (κ1) is 19.4. The van der Waals surface area contributed by atoms with E-state index in [1.807, 2.05) is 0 Å². The van der Waals surface area contributed by atoms with Gasteiger partial charge in [-0.05, 0) is 30.9 Å². The highest BCUT2D eigenvalue weighted by molar-refractivity contribution is 7.91. The van der Waals surface area contributed by atoms with Crippen molar-refractivity contribution in [3.8, 4) is 0 Å². The normalized spacial score (nSPS) is 20.7. The second-order valence-electron chi connectivity index (χ2n) is 6.41. The summed E-state index contributed by atoms with van der Waals surface area (Å²) in [6, 6.07) is 5.99. The van der Waals surface area contributed by atoms with Crippen LogP contribution >= 0.6 is 0 Å². The highest BCUT2D eigenvalue weighted by Crippen LogP contribution is 2.23. The van der Waals surface area contributed by atoms with Gasteiger partial charge in [-0.1, -0.05) is 38.8 Å². The van der Waals surface area contributed by atoms with Crippen LogP contribution in [0.1, 0.15) is 49.9 Å². The van der Waals surface area contributed by atoms with Crippen LogP contribution < -0.4 is 5.32 Å². The van der Waals surface area contributed by atoms with Gasteiger partial charge in [0.2, 0.25) is 0 Å². The summed E-state index contributed by atoms with van der Waals surface area (Å²) in [6.07, 6.45) is 4.26. The molecule has 1 aromatic carbocycles. The summed E-state index contributed by atoms with van der Waals surface area (Å²) in [6.45, 7) is 3.20. The zero-order valence-electron chi connectivity index (χ0n) is 14.7. The van der Waals surface area contributed by atoms with Gasteiger partial charge < -0.3 is 10.1 Å². The van der Waals surface area contributed by atoms with Gasteiger partial charge in [0.15, 0.2) is 16.4 Å². The second-order valence-corrected chi connectivity index (χ2v) is 8.66. The minimum atomic E-state index is -3.54. The fraction of sp³-hybridized carbons (Fsp3) is 0.556. The van der Waals surface area contributed by atoms with Crippen molar-refractivity contribution < 1.29 is 22.7 Å². The van der Waals surface area contributed by atoms with E-state index in [9.17, 15) is 18.0 Å². The highest BCUT2D eigenvalue weighted by atomic mass is 32.2. The molecule has 2 atom stereocenters. The third-order valence-corrected chi connectivity index (χ3v) is 6.40. The van der Waals surface area contributed by atoms with E-state index in [4.69, 9.17) is 4.74 Å². The highest BCUT2D eigenvalue weighted by Gasteiger charge is 2.25. The van der Waals surface area contributed by atoms with Gasteiger partial charge in [-0.15, -0.1) is 0 Å². The Kier molecular flexibility index (Phi) is 6.58. The zero-order chi connectivity index (χ0) is 18.4. The first-order valence-electron chi connectivity index (χ1n) is 8.63. The van der Waals surface area contributed by atoms with Crippen molar-refractivity contribution in [1.29, 1.82) is 0 Å². The maximum atomic E-state index is 12.2. The van der Waals surface area contributed by atoms with Crippen LogP contribution in [0.4, 0.5) is 0 Å². The molecular formula is C18H25NO5S. The van der Waals surface area contributed by atoms with Gasteiger partial charge in [-0.3, -0.25) is 4.79 Å². The number of carbonyl (C=O) groups is 2. The summed E-state index contributed by atoms with van der Waals surface area (Å²) >= 11 is 0. The number of esters is 1. The fourth-order valence-corrected chi connectivity index (χ4v) is 4.13. The molecule has 1 aliphatic carbocycles. The standard InChI is InChI=1S/C18H25NO5S/c1-3-25(22,23)16-11-7-5-9-14(16)18(21)24-12-17(20)19-15-10-6-4-8-13(15)2/h5,7,9,11,13,15H,3-4,6,8,10,12H2,1-2H3,(H,19,20)/t13-,15-/m0/s1. The van der Waals surface area contributed by atoms with Gasteiger partial charge in [0.25, 0.3) is 5.91 Å². The molecule has 6 nitrogen and oxygen atoms in total. The zero-order valence-corrected chi connectivity index (χ0v) is 15.5. The third-order valence-electron chi connectivity index (χ3n) is 4.61. The topological polar surface area (TPSA) is 89.5 Å². The lowest BCUT2D eigenvalue weighted by molar-refractivity contribution is -0.125. The Hall–Kier alpha value is -1.89. The van der Waals surface area contributed by atoms with Crippen molar-refractivity contribution in [3.63, 3.8) is 0 Å². The third kappa shape index (κ3) is 5.04. The Morgan fingerprint density at radius 1 is 1.20 bits per heavy atom. The lowest BCUT2D eigenvalue weighted by Gasteiger charge is -2.29. The molecule has 1 N–H and O–H groups in total. The number of hydrogen-bond acceptors (Lipinski definition) is 5. The van der Waals surface area contributed by atoms with Gasteiger partial charge in [0.1, 0.15) is 0 Å². The molecule has 0 aromatic heterocycles. The minimum Gasteiger partial charge on any atom is -0.452 e. The summed E-state index contributed by atoms with van der Waals surface area (Å²) in [4.78, 5) is 24.2. The van der Waals surface area contributed by atoms with Crippen LogP contribution in [0.15, 0.2) is 29.2 Å². The molecule has 1 aromatic rings. The van der Waals surface area contributed by atoms with Crippen molar-refractivity contribution in [2.75, 3.05) is 12.4 Å². The van der Waals surface area contributed by atoms with Crippen molar-refractivity contribution in [3.05, 3.63) is 29.8 Å². The van der Waals surface area contributed by atoms with Gasteiger partial charge in [0, 0.05) is 6.04 Å². The number of nitrogens with one attached hydrogen (secondary N) is 1. The Balaban J connectivity index is 1.98. The monoisotopic (exact) mass is 367 g/mol. The SMILES string of the molecule is CCS(=O)(=O)c1ccccc1C(=O)OCC(=O)N[C@H]1CCCC[C@@H]1C. The molecule has 1 amide bonds. The molecule has 0 unspecified atom stereocenters. The summed E-state index contributed by atoms with van der Waals surface area (Å²) in [5, 5.41) is 2.90. The van der Waals surface area contributed by atoms with Crippen LogP contribution in [0.2, 0.25) is 0 Å². The lowest BCUT2D eigenvalue weighted by Crippen LogP contribution is -2.42. The van der Waals surface area contributed by atoms with Crippen molar-refractivity contribution in [1.82, 2.24) is 5.32 Å². The van der Waals surface area contributed by atoms with Crippen LogP contribution in [0.5, 0.6) is 0 Å². The number of benzene rings is 1. The molecule has 1 saturated carbocycles. The van der Waals surface area contributed by atoms with E-state index >= 15 is 0 Å². The largest absolute Gasteiger partial charge is 0.452 e. The van der Waals surface area contributed by atoms with Crippen molar-refractivity contribution in [2.45, 2.75) is 50.5 Å². The fourth-order valence-electron chi connectivity index (χ4n) is 3.05. The number of hydrogen-bond donors (Lipinski definition) is 1. The first-order valence-corrected chi connectivity index (χ1v) is 10.3. The molecule has 0 heterocycles. The van der Waals surface area contributed by atoms with Gasteiger partial charge in [0.05, 0.1) is 16.2 Å². The summed E-state index contributed by atoms with van der Waals surface area (Å²) in [5.74, 6) is -0.872. The number of ether oxygens (including phenoxy) is 1. The average molecular weight is 367 g/mol. The quantitative estimate of drug-likeness (QED) is 0.780. The van der Waals surface area contributed by atoms with Crippen LogP contribution in [-0.2, 0) is 19.4 Å². The predicted molar refractivity (Wildman–Crippen MR) is 94.0 cm³/mol. The molecule has 7 heteroatoms. The number of amides is 1. The van der Waals surface area contributed by atoms with Crippen molar-refractivity contribution >= 4 is 21.7 Å². The Bertz CT molecular complexity index is 729. The van der Waals surface area contributed by atoms with E-state index in [1.54, 1.807) is 12.1 Å². The van der Waals surface area contributed by atoms with E-state index < -0.39 is 22.4 Å². The van der Waals surface area contributed by atoms with Crippen LogP contribution in [0, 0.1) is 5.92 Å². The molecule has 0 aliphatic heterocycles. The van der Waals surface area contributed by atoms with E-state index in [0.717, 1.165) is 19.3 Å². The molecule has 25 heavy (non-hydrogen) atoms. The van der Waals surface area contributed by atoms with Gasteiger partial charge >= 0.3 is 5.97 Å². The first-order chi connectivity index (χ1) is 11.8. The minimum absolute atomic E-state index is 0.0387. The van der Waals surface area contributed by atoms with Crippen molar-refractivity contribution in [2.24, 2.45) is 5.92 Å². The lowest BCUT2D eigenvalue weighted by atomic mass is 9.86. The summed E-state index contributed by atoms with van der Waals surface area (Å²) in [7, 11) is -3.54. The molecule has 0 spiro atoms. The Morgan fingerprint density at radius 2 is 1.88 bits per heavy atom. The van der Waals surface area contributed by atoms with E-state index in [0.29, 0.717) is 5.92 Å². The summed E-state index contributed by atoms with van der Waals surface area (Å²) in [5.41, 5.74) is -0.0387. The summed E-state index contributed by atoms with van der Waals surface area (Å²) < 4.78 is 29.2. The maximum absolute atomic E-state index is 12.2. The predicted octanol–water partition coefficient (Wildman–Crippen LogP) is 2.33. The smallest absolute Gasteiger partial charge is 0.339 e. The second kappa shape index (κ2) is 8.47. The molecule has 138 valence electrons. The van der Waals surface area contributed by atoms with Crippen LogP contribution in [0.25, 0.3) is 0 Å². The molecule has 1 aliphatic rings. The van der Waals surface area contributed by atoms with Gasteiger partial charge in [-0.2, -0.15) is 0 Å². The van der Waals surface area contributed by atoms with E-state index in [1.165, 1.54) is 25.5 Å². The number of sulfone groups is 1. The molecular weight excluding hydrogens is 342 g/mol. The van der Waals surface area contributed by atoms with E-state index in [-0.39, 0.29) is 28.2 Å². The molecule has 2 rings (SSSR count). The van der Waals surface area contributed by atoms with Gasteiger partial charge in [-0.25, -0.2) is 13.2 Å². The molecule has 1 fully saturated rings. The molecule has 0 radical (unpaired) electrons. The Morgan fingerprint density at radius 3 is 2.56 bits per heavy atom. The molecule has 0 saturated heterocycles. The average Bonchev–Trinajstić information content (AvgIpc) is 2.61. The molecule has 0 bridgehead atoms. The Labute approximate surface area is 148 Å². The van der Waals surface area contributed by atoms with Crippen LogP contribution in [0.3, 0.4) is 0 Å². The number of carbonyl (C=O) groups excluding carboxylic acids is 2. The van der Waals surface area contributed by atoms with E-state index in [2.05, 4.69) is 12.2 Å². The van der Waals surface area contributed by atoms with Crippen LogP contribution in [-0.4, -0.2) is 38.7 Å². The number of rotatable bonds is 6.